The molecule has 0 spiro atoms. The second-order valence-electron chi connectivity index (χ2n) is 5.92. The fraction of sp³-hybridized carbons (Fsp3) is 0.625. The molecule has 1 N–H and O–H groups in total. The third-order valence-corrected chi connectivity index (χ3v) is 6.62. The molecule has 1 aromatic rings. The average Bonchev–Trinajstić information content (AvgIpc) is 2.81. The molecule has 1 aliphatic heterocycles. The smallest absolute Gasteiger partial charge is 0.262 e. The van der Waals surface area contributed by atoms with Crippen molar-refractivity contribution in [2.75, 3.05) is 5.75 Å². The van der Waals surface area contributed by atoms with Crippen molar-refractivity contribution in [2.24, 2.45) is 0 Å². The van der Waals surface area contributed by atoms with Crippen molar-refractivity contribution in [3.8, 4) is 6.07 Å². The van der Waals surface area contributed by atoms with Crippen LogP contribution < -0.4 is 5.32 Å². The van der Waals surface area contributed by atoms with Crippen LogP contribution >= 0.6 is 23.1 Å². The predicted molar refractivity (Wildman–Crippen MR) is 87.7 cm³/mol. The normalized spacial score (nSPS) is 20.9. The number of thioether (sulfide) groups is 1. The fourth-order valence-electron chi connectivity index (χ4n) is 3.13. The van der Waals surface area contributed by atoms with Gasteiger partial charge in [-0.1, -0.05) is 25.7 Å². The summed E-state index contributed by atoms with van der Waals surface area (Å²) in [5.41, 5.74) is 0.667. The Morgan fingerprint density at radius 3 is 2.71 bits per heavy atom. The van der Waals surface area contributed by atoms with Crippen molar-refractivity contribution in [3.63, 3.8) is 0 Å². The highest BCUT2D eigenvalue weighted by Gasteiger charge is 2.33. The topological polar surface area (TPSA) is 52.9 Å². The fourth-order valence-corrected chi connectivity index (χ4v) is 5.40. The molecule has 2 aliphatic rings. The van der Waals surface area contributed by atoms with E-state index in [9.17, 15) is 10.1 Å². The van der Waals surface area contributed by atoms with Gasteiger partial charge in [0.15, 0.2) is 0 Å². The first-order chi connectivity index (χ1) is 10.2. The van der Waals surface area contributed by atoms with E-state index in [2.05, 4.69) is 11.4 Å². The number of fused-ring (bicyclic) bond motifs is 1. The molecule has 0 saturated heterocycles. The zero-order chi connectivity index (χ0) is 14.7. The van der Waals surface area contributed by atoms with Crippen LogP contribution in [0.15, 0.2) is 6.07 Å². The maximum Gasteiger partial charge on any atom is 0.262 e. The van der Waals surface area contributed by atoms with E-state index >= 15 is 0 Å². The number of nitriles is 1. The van der Waals surface area contributed by atoms with Gasteiger partial charge in [0.1, 0.15) is 5.54 Å². The van der Waals surface area contributed by atoms with Gasteiger partial charge in [-0.3, -0.25) is 4.79 Å². The van der Waals surface area contributed by atoms with Crippen LogP contribution in [0.2, 0.25) is 0 Å². The molecule has 1 aliphatic carbocycles. The summed E-state index contributed by atoms with van der Waals surface area (Å²) >= 11 is 3.54. The Bertz CT molecular complexity index is 542. The van der Waals surface area contributed by atoms with Crippen LogP contribution in [-0.4, -0.2) is 17.2 Å². The van der Waals surface area contributed by atoms with E-state index in [0.29, 0.717) is 0 Å². The molecular formula is C16H20N2OS2. The van der Waals surface area contributed by atoms with Crippen LogP contribution in [-0.2, 0) is 12.2 Å². The molecule has 1 fully saturated rings. The number of hydrogen-bond acceptors (Lipinski definition) is 4. The molecule has 2 heterocycles. The van der Waals surface area contributed by atoms with Crippen molar-refractivity contribution in [1.82, 2.24) is 5.32 Å². The van der Waals surface area contributed by atoms with Crippen molar-refractivity contribution >= 4 is 29.0 Å². The average molecular weight is 320 g/mol. The lowest BCUT2D eigenvalue weighted by Gasteiger charge is -2.25. The van der Waals surface area contributed by atoms with Gasteiger partial charge in [0.2, 0.25) is 0 Å². The molecule has 1 amide bonds. The van der Waals surface area contributed by atoms with E-state index < -0.39 is 5.54 Å². The standard InChI is InChI=1S/C16H20N2OS2/c17-11-16(6-3-1-2-4-7-16)18-15(19)14-9-12-10-20-8-5-13(12)21-14/h9H,1-8,10H2,(H,18,19). The Hall–Kier alpha value is -0.990. The molecule has 1 saturated carbocycles. The maximum atomic E-state index is 12.5. The van der Waals surface area contributed by atoms with Gasteiger partial charge < -0.3 is 5.32 Å². The minimum atomic E-state index is -0.646. The van der Waals surface area contributed by atoms with E-state index in [1.807, 2.05) is 17.8 Å². The molecule has 3 nitrogen and oxygen atoms in total. The van der Waals surface area contributed by atoms with Crippen LogP contribution in [0.1, 0.15) is 58.6 Å². The minimum Gasteiger partial charge on any atom is -0.333 e. The van der Waals surface area contributed by atoms with Crippen LogP contribution in [0.3, 0.4) is 0 Å². The third-order valence-electron chi connectivity index (χ3n) is 4.38. The van der Waals surface area contributed by atoms with E-state index in [1.54, 1.807) is 11.3 Å². The molecule has 112 valence electrons. The number of aryl methyl sites for hydroxylation is 1. The lowest BCUT2D eigenvalue weighted by atomic mass is 9.92. The van der Waals surface area contributed by atoms with Crippen LogP contribution in [0.4, 0.5) is 0 Å². The van der Waals surface area contributed by atoms with Gasteiger partial charge >= 0.3 is 0 Å². The van der Waals surface area contributed by atoms with E-state index in [1.165, 1.54) is 23.3 Å². The lowest BCUT2D eigenvalue weighted by Crippen LogP contribution is -2.46. The summed E-state index contributed by atoms with van der Waals surface area (Å²) in [7, 11) is 0. The summed E-state index contributed by atoms with van der Waals surface area (Å²) in [6.45, 7) is 0. The van der Waals surface area contributed by atoms with Crippen molar-refractivity contribution < 1.29 is 4.79 Å². The van der Waals surface area contributed by atoms with Gasteiger partial charge in [0.25, 0.3) is 5.91 Å². The number of thiophene rings is 1. The van der Waals surface area contributed by atoms with Gasteiger partial charge in [-0.15, -0.1) is 11.3 Å². The molecule has 3 rings (SSSR count). The van der Waals surface area contributed by atoms with Crippen LogP contribution in [0.5, 0.6) is 0 Å². The zero-order valence-electron chi connectivity index (χ0n) is 12.1. The SMILES string of the molecule is N#CC1(NC(=O)c2cc3c(s2)CCSC3)CCCCCC1. The first-order valence-corrected chi connectivity index (χ1v) is 9.63. The Morgan fingerprint density at radius 1 is 1.29 bits per heavy atom. The van der Waals surface area contributed by atoms with E-state index in [-0.39, 0.29) is 5.91 Å². The highest BCUT2D eigenvalue weighted by molar-refractivity contribution is 7.98. The summed E-state index contributed by atoms with van der Waals surface area (Å²) in [4.78, 5) is 14.7. The third kappa shape index (κ3) is 3.27. The minimum absolute atomic E-state index is 0.0529. The molecule has 0 radical (unpaired) electrons. The summed E-state index contributed by atoms with van der Waals surface area (Å²) in [5, 5.41) is 12.6. The number of hydrogen-bond donors (Lipinski definition) is 1. The van der Waals surface area contributed by atoms with E-state index in [0.717, 1.165) is 48.5 Å². The zero-order valence-corrected chi connectivity index (χ0v) is 13.7. The van der Waals surface area contributed by atoms with Gasteiger partial charge in [-0.25, -0.2) is 0 Å². The summed E-state index contributed by atoms with van der Waals surface area (Å²) in [5.74, 6) is 2.11. The van der Waals surface area contributed by atoms with Crippen molar-refractivity contribution in [3.05, 3.63) is 21.4 Å². The predicted octanol–water partition coefficient (Wildman–Crippen LogP) is 3.88. The van der Waals surface area contributed by atoms with Crippen molar-refractivity contribution in [2.45, 2.75) is 56.2 Å². The van der Waals surface area contributed by atoms with Crippen molar-refractivity contribution in [1.29, 1.82) is 5.26 Å². The van der Waals surface area contributed by atoms with Gasteiger partial charge in [0.05, 0.1) is 10.9 Å². The number of nitrogens with zero attached hydrogens (tertiary/aromatic N) is 1. The molecular weight excluding hydrogens is 300 g/mol. The number of amides is 1. The Labute approximate surface area is 134 Å². The molecule has 21 heavy (non-hydrogen) atoms. The largest absolute Gasteiger partial charge is 0.333 e. The quantitative estimate of drug-likeness (QED) is 0.841. The second kappa shape index (κ2) is 6.41. The Morgan fingerprint density at radius 2 is 2.05 bits per heavy atom. The number of rotatable bonds is 2. The molecule has 0 unspecified atom stereocenters. The highest BCUT2D eigenvalue weighted by atomic mass is 32.2. The number of carbonyl (C=O) groups is 1. The summed E-state index contributed by atoms with van der Waals surface area (Å²) in [6, 6.07) is 4.42. The Balaban J connectivity index is 1.75. The van der Waals surface area contributed by atoms with E-state index in [4.69, 9.17) is 0 Å². The van der Waals surface area contributed by atoms with Crippen LogP contribution in [0.25, 0.3) is 0 Å². The van der Waals surface area contributed by atoms with Crippen LogP contribution in [0, 0.1) is 11.3 Å². The first kappa shape index (κ1) is 14.9. The molecule has 0 aromatic carbocycles. The Kier molecular flexibility index (Phi) is 4.56. The maximum absolute atomic E-state index is 12.5. The molecule has 0 bridgehead atoms. The van der Waals surface area contributed by atoms with Gasteiger partial charge in [-0.05, 0) is 36.6 Å². The first-order valence-electron chi connectivity index (χ1n) is 7.65. The van der Waals surface area contributed by atoms with Gasteiger partial charge in [0, 0.05) is 10.6 Å². The van der Waals surface area contributed by atoms with Gasteiger partial charge in [-0.2, -0.15) is 17.0 Å². The highest BCUT2D eigenvalue weighted by Crippen LogP contribution is 2.33. The summed E-state index contributed by atoms with van der Waals surface area (Å²) < 4.78 is 0. The monoisotopic (exact) mass is 320 g/mol. The molecule has 1 aromatic heterocycles. The lowest BCUT2D eigenvalue weighted by molar-refractivity contribution is 0.0917. The second-order valence-corrected chi connectivity index (χ2v) is 8.17. The molecule has 0 atom stereocenters. The summed E-state index contributed by atoms with van der Waals surface area (Å²) in [6.07, 6.45) is 7.05. The number of nitrogens with one attached hydrogen (secondary N) is 1. The molecule has 5 heteroatoms. The number of carbonyl (C=O) groups excluding carboxylic acids is 1.